The average Bonchev–Trinajstić information content (AvgIpc) is 2.47. The Kier molecular flexibility index (Phi) is 3.49. The third kappa shape index (κ3) is 2.31. The first-order valence-corrected chi connectivity index (χ1v) is 7.10. The SMILES string of the molecule is COc1ccc(C2CC(=O)c3ccccc3O2)cc1Br. The van der Waals surface area contributed by atoms with Gasteiger partial charge in [0.05, 0.1) is 23.6 Å². The van der Waals surface area contributed by atoms with Gasteiger partial charge in [-0.05, 0) is 45.8 Å². The minimum Gasteiger partial charge on any atom is -0.496 e. The number of halogens is 1. The van der Waals surface area contributed by atoms with E-state index >= 15 is 0 Å². The lowest BCUT2D eigenvalue weighted by Gasteiger charge is -2.25. The van der Waals surface area contributed by atoms with Gasteiger partial charge in [-0.1, -0.05) is 18.2 Å². The number of Topliss-reactive ketones (excluding diaryl/α,β-unsaturated/α-hetero) is 1. The molecule has 0 aromatic heterocycles. The van der Waals surface area contributed by atoms with Crippen LogP contribution >= 0.6 is 15.9 Å². The van der Waals surface area contributed by atoms with Crippen LogP contribution < -0.4 is 9.47 Å². The summed E-state index contributed by atoms with van der Waals surface area (Å²) in [6, 6.07) is 13.1. The molecule has 2 aromatic carbocycles. The first-order valence-electron chi connectivity index (χ1n) is 6.31. The van der Waals surface area contributed by atoms with Crippen LogP contribution in [0, 0.1) is 0 Å². The average molecular weight is 333 g/mol. The van der Waals surface area contributed by atoms with Gasteiger partial charge in [0, 0.05) is 0 Å². The summed E-state index contributed by atoms with van der Waals surface area (Å²) in [5.41, 5.74) is 1.62. The Bertz CT molecular complexity index is 667. The number of methoxy groups -OCH3 is 1. The number of fused-ring (bicyclic) bond motifs is 1. The van der Waals surface area contributed by atoms with E-state index in [0.29, 0.717) is 17.7 Å². The molecule has 4 heteroatoms. The van der Waals surface area contributed by atoms with Crippen LogP contribution in [0.25, 0.3) is 0 Å². The Morgan fingerprint density at radius 1 is 1.25 bits per heavy atom. The Hall–Kier alpha value is -1.81. The number of ether oxygens (including phenoxy) is 2. The lowest BCUT2D eigenvalue weighted by atomic mass is 9.96. The normalized spacial score (nSPS) is 17.3. The van der Waals surface area contributed by atoms with Gasteiger partial charge in [0.2, 0.25) is 0 Å². The van der Waals surface area contributed by atoms with Crippen molar-refractivity contribution in [1.82, 2.24) is 0 Å². The van der Waals surface area contributed by atoms with Crippen molar-refractivity contribution in [2.24, 2.45) is 0 Å². The van der Waals surface area contributed by atoms with Gasteiger partial charge in [-0.25, -0.2) is 0 Å². The second-order valence-electron chi connectivity index (χ2n) is 4.62. The zero-order valence-electron chi connectivity index (χ0n) is 10.9. The molecule has 20 heavy (non-hydrogen) atoms. The first-order chi connectivity index (χ1) is 9.69. The summed E-state index contributed by atoms with van der Waals surface area (Å²) in [5, 5.41) is 0. The number of benzene rings is 2. The molecule has 0 bridgehead atoms. The fraction of sp³-hybridized carbons (Fsp3) is 0.188. The highest BCUT2D eigenvalue weighted by Crippen LogP contribution is 2.36. The molecular formula is C16H13BrO3. The summed E-state index contributed by atoms with van der Waals surface area (Å²) in [6.45, 7) is 0. The van der Waals surface area contributed by atoms with Gasteiger partial charge in [0.25, 0.3) is 0 Å². The predicted molar refractivity (Wildman–Crippen MR) is 79.5 cm³/mol. The van der Waals surface area contributed by atoms with Crippen molar-refractivity contribution in [2.75, 3.05) is 7.11 Å². The number of rotatable bonds is 2. The topological polar surface area (TPSA) is 35.5 Å². The summed E-state index contributed by atoms with van der Waals surface area (Å²) in [6.07, 6.45) is 0.107. The van der Waals surface area contributed by atoms with E-state index in [1.807, 2.05) is 36.4 Å². The van der Waals surface area contributed by atoms with Gasteiger partial charge in [-0.3, -0.25) is 4.79 Å². The molecule has 0 saturated carbocycles. The monoisotopic (exact) mass is 332 g/mol. The van der Waals surface area contributed by atoms with E-state index in [4.69, 9.17) is 9.47 Å². The van der Waals surface area contributed by atoms with Crippen LogP contribution in [0.5, 0.6) is 11.5 Å². The number of ketones is 1. The van der Waals surface area contributed by atoms with Crippen molar-refractivity contribution in [2.45, 2.75) is 12.5 Å². The van der Waals surface area contributed by atoms with Crippen molar-refractivity contribution in [3.63, 3.8) is 0 Å². The van der Waals surface area contributed by atoms with Gasteiger partial charge >= 0.3 is 0 Å². The van der Waals surface area contributed by atoms with Crippen molar-refractivity contribution in [1.29, 1.82) is 0 Å². The van der Waals surface area contributed by atoms with Crippen LogP contribution in [-0.2, 0) is 0 Å². The minimum atomic E-state index is -0.250. The molecule has 0 N–H and O–H groups in total. The van der Waals surface area contributed by atoms with E-state index in [9.17, 15) is 4.79 Å². The summed E-state index contributed by atoms with van der Waals surface area (Å²) >= 11 is 3.46. The molecule has 1 atom stereocenters. The van der Waals surface area contributed by atoms with Crippen molar-refractivity contribution in [3.8, 4) is 11.5 Å². The van der Waals surface area contributed by atoms with E-state index in [0.717, 1.165) is 15.8 Å². The van der Waals surface area contributed by atoms with Crippen LogP contribution in [0.3, 0.4) is 0 Å². The largest absolute Gasteiger partial charge is 0.496 e. The molecule has 0 amide bonds. The lowest BCUT2D eigenvalue weighted by Crippen LogP contribution is -2.20. The summed E-state index contributed by atoms with van der Waals surface area (Å²) in [5.74, 6) is 1.53. The minimum absolute atomic E-state index is 0.115. The zero-order chi connectivity index (χ0) is 14.1. The third-order valence-corrected chi connectivity index (χ3v) is 3.99. The molecule has 1 aliphatic heterocycles. The predicted octanol–water partition coefficient (Wildman–Crippen LogP) is 4.16. The van der Waals surface area contributed by atoms with Crippen LogP contribution in [0.15, 0.2) is 46.9 Å². The molecule has 2 aromatic rings. The maximum absolute atomic E-state index is 12.2. The fourth-order valence-corrected chi connectivity index (χ4v) is 2.90. The number of hydrogen-bond acceptors (Lipinski definition) is 3. The van der Waals surface area contributed by atoms with Crippen molar-refractivity contribution in [3.05, 3.63) is 58.1 Å². The van der Waals surface area contributed by atoms with E-state index in [-0.39, 0.29) is 11.9 Å². The molecule has 102 valence electrons. The maximum Gasteiger partial charge on any atom is 0.170 e. The van der Waals surface area contributed by atoms with Gasteiger partial charge in [-0.15, -0.1) is 0 Å². The second kappa shape index (κ2) is 5.29. The Morgan fingerprint density at radius 3 is 2.80 bits per heavy atom. The lowest BCUT2D eigenvalue weighted by molar-refractivity contribution is 0.0850. The number of carbonyl (C=O) groups is 1. The van der Waals surface area contributed by atoms with E-state index in [1.165, 1.54) is 0 Å². The number of carbonyl (C=O) groups excluding carboxylic acids is 1. The van der Waals surface area contributed by atoms with Crippen LogP contribution in [0.2, 0.25) is 0 Å². The quantitative estimate of drug-likeness (QED) is 0.828. The zero-order valence-corrected chi connectivity index (χ0v) is 12.5. The van der Waals surface area contributed by atoms with E-state index in [1.54, 1.807) is 13.2 Å². The van der Waals surface area contributed by atoms with Gasteiger partial charge in [0.15, 0.2) is 5.78 Å². The maximum atomic E-state index is 12.2. The van der Waals surface area contributed by atoms with E-state index in [2.05, 4.69) is 15.9 Å². The van der Waals surface area contributed by atoms with Gasteiger partial charge in [0.1, 0.15) is 17.6 Å². The second-order valence-corrected chi connectivity index (χ2v) is 5.48. The Balaban J connectivity index is 1.94. The molecule has 0 aliphatic carbocycles. The molecule has 3 rings (SSSR count). The first kappa shape index (κ1) is 13.2. The summed E-state index contributed by atoms with van der Waals surface area (Å²) < 4.78 is 12.0. The molecule has 1 heterocycles. The van der Waals surface area contributed by atoms with Crippen LogP contribution in [0.1, 0.15) is 28.4 Å². The third-order valence-electron chi connectivity index (χ3n) is 3.38. The van der Waals surface area contributed by atoms with Crippen molar-refractivity contribution < 1.29 is 14.3 Å². The van der Waals surface area contributed by atoms with Gasteiger partial charge in [-0.2, -0.15) is 0 Å². The van der Waals surface area contributed by atoms with E-state index < -0.39 is 0 Å². The Labute approximate surface area is 125 Å². The number of hydrogen-bond donors (Lipinski definition) is 0. The Morgan fingerprint density at radius 2 is 2.05 bits per heavy atom. The molecule has 0 radical (unpaired) electrons. The van der Waals surface area contributed by atoms with Crippen LogP contribution in [0.4, 0.5) is 0 Å². The highest BCUT2D eigenvalue weighted by atomic mass is 79.9. The standard InChI is InChI=1S/C16H13BrO3/c1-19-15-7-6-10(8-12(15)17)16-9-13(18)11-4-2-3-5-14(11)20-16/h2-8,16H,9H2,1H3. The van der Waals surface area contributed by atoms with Gasteiger partial charge < -0.3 is 9.47 Å². The van der Waals surface area contributed by atoms with Crippen LogP contribution in [-0.4, -0.2) is 12.9 Å². The molecule has 1 unspecified atom stereocenters. The number of para-hydroxylation sites is 1. The molecule has 1 aliphatic rings. The highest BCUT2D eigenvalue weighted by Gasteiger charge is 2.27. The molecule has 3 nitrogen and oxygen atoms in total. The fourth-order valence-electron chi connectivity index (χ4n) is 2.34. The molecular weight excluding hydrogens is 320 g/mol. The van der Waals surface area contributed by atoms with Crippen molar-refractivity contribution >= 4 is 21.7 Å². The summed E-state index contributed by atoms with van der Waals surface area (Å²) in [4.78, 5) is 12.2. The molecule has 0 saturated heterocycles. The smallest absolute Gasteiger partial charge is 0.170 e. The summed E-state index contributed by atoms with van der Waals surface area (Å²) in [7, 11) is 1.62. The molecule has 0 spiro atoms. The molecule has 0 fully saturated rings. The highest BCUT2D eigenvalue weighted by molar-refractivity contribution is 9.10.